The number of benzene rings is 1. The number of hydrogen-bond donors (Lipinski definition) is 2. The minimum absolute atomic E-state index is 0.545. The highest BCUT2D eigenvalue weighted by atomic mass is 16.5. The van der Waals surface area contributed by atoms with Crippen LogP contribution in [0.15, 0.2) is 24.3 Å². The summed E-state index contributed by atoms with van der Waals surface area (Å²) in [5.74, 6) is -2.12. The highest BCUT2D eigenvalue weighted by Crippen LogP contribution is 2.25. The number of carboxylic acid groups (broad SMARTS) is 2. The first-order valence-corrected chi connectivity index (χ1v) is 8.64. The monoisotopic (exact) mass is 384 g/mol. The normalized spacial score (nSPS) is 14.7. The summed E-state index contributed by atoms with van der Waals surface area (Å²) in [6, 6.07) is 7.66. The van der Waals surface area contributed by atoms with E-state index in [1.54, 1.807) is 7.11 Å². The summed E-state index contributed by atoms with van der Waals surface area (Å²) in [7, 11) is 3.82. The van der Waals surface area contributed by atoms with Gasteiger partial charge in [-0.3, -0.25) is 4.90 Å². The molecule has 0 amide bonds. The number of methoxy groups -OCH3 is 1. The van der Waals surface area contributed by atoms with E-state index in [9.17, 15) is 0 Å². The second kappa shape index (κ2) is 12.9. The number of ether oxygens (including phenoxy) is 3. The molecule has 1 aromatic rings. The molecule has 0 bridgehead atoms. The van der Waals surface area contributed by atoms with Gasteiger partial charge in [-0.15, -0.1) is 0 Å². The predicted octanol–water partition coefficient (Wildman–Crippen LogP) is 0.494. The van der Waals surface area contributed by atoms with Gasteiger partial charge in [0.2, 0.25) is 0 Å². The summed E-state index contributed by atoms with van der Waals surface area (Å²) in [5, 5.41) is 14.8. The molecule has 0 radical (unpaired) electrons. The van der Waals surface area contributed by atoms with Crippen LogP contribution in [0, 0.1) is 0 Å². The third-order valence-corrected chi connectivity index (χ3v) is 3.89. The van der Waals surface area contributed by atoms with Crippen molar-refractivity contribution in [2.24, 2.45) is 0 Å². The van der Waals surface area contributed by atoms with Gasteiger partial charge in [0.1, 0.15) is 6.61 Å². The van der Waals surface area contributed by atoms with Crippen LogP contribution in [0.3, 0.4) is 0 Å². The fourth-order valence-electron chi connectivity index (χ4n) is 2.32. The third-order valence-electron chi connectivity index (χ3n) is 3.89. The molecule has 9 nitrogen and oxygen atoms in total. The zero-order valence-electron chi connectivity index (χ0n) is 15.8. The van der Waals surface area contributed by atoms with Crippen LogP contribution in [0.2, 0.25) is 0 Å². The SMILES string of the molecule is COc1ccccc1OCCOCCN1CCN(C)CC1.O=C(O)C(=O)O. The second-order valence-corrected chi connectivity index (χ2v) is 5.87. The van der Waals surface area contributed by atoms with E-state index in [2.05, 4.69) is 16.8 Å². The van der Waals surface area contributed by atoms with Crippen LogP contribution in [0.1, 0.15) is 0 Å². The van der Waals surface area contributed by atoms with Crippen LogP contribution in [0.25, 0.3) is 0 Å². The van der Waals surface area contributed by atoms with E-state index in [1.165, 1.54) is 0 Å². The first kappa shape index (κ1) is 22.7. The number of carboxylic acids is 2. The van der Waals surface area contributed by atoms with Gasteiger partial charge in [0.15, 0.2) is 11.5 Å². The summed E-state index contributed by atoms with van der Waals surface area (Å²) >= 11 is 0. The molecule has 1 saturated heterocycles. The van der Waals surface area contributed by atoms with E-state index >= 15 is 0 Å². The van der Waals surface area contributed by atoms with Gasteiger partial charge in [-0.1, -0.05) is 12.1 Å². The zero-order valence-corrected chi connectivity index (χ0v) is 15.8. The van der Waals surface area contributed by atoms with E-state index in [-0.39, 0.29) is 0 Å². The van der Waals surface area contributed by atoms with Gasteiger partial charge in [0, 0.05) is 32.7 Å². The lowest BCUT2D eigenvalue weighted by molar-refractivity contribution is -0.159. The van der Waals surface area contributed by atoms with Gasteiger partial charge < -0.3 is 29.3 Å². The number of para-hydroxylation sites is 2. The summed E-state index contributed by atoms with van der Waals surface area (Å²) in [6.07, 6.45) is 0. The molecule has 0 unspecified atom stereocenters. The van der Waals surface area contributed by atoms with Crippen LogP contribution in [0.4, 0.5) is 0 Å². The summed E-state index contributed by atoms with van der Waals surface area (Å²) in [6.45, 7) is 7.49. The van der Waals surface area contributed by atoms with E-state index in [0.717, 1.165) is 50.8 Å². The standard InChI is InChI=1S/C16H26N2O3.C2H2O4/c1-17-7-9-18(10-8-17)11-12-20-13-14-21-16-6-4-3-5-15(16)19-2;3-1(4)2(5)6/h3-6H,7-14H2,1-2H3;(H,3,4)(H,5,6). The molecule has 9 heteroatoms. The smallest absolute Gasteiger partial charge is 0.414 e. The topological polar surface area (TPSA) is 109 Å². The van der Waals surface area contributed by atoms with Crippen molar-refractivity contribution in [3.8, 4) is 11.5 Å². The summed E-state index contributed by atoms with van der Waals surface area (Å²) in [5.41, 5.74) is 0. The molecule has 1 aliphatic heterocycles. The number of rotatable bonds is 8. The van der Waals surface area contributed by atoms with Gasteiger partial charge in [-0.05, 0) is 19.2 Å². The molecule has 27 heavy (non-hydrogen) atoms. The minimum atomic E-state index is -1.82. The lowest BCUT2D eigenvalue weighted by Gasteiger charge is -2.32. The Morgan fingerprint density at radius 1 is 0.963 bits per heavy atom. The van der Waals surface area contributed by atoms with Crippen LogP contribution < -0.4 is 9.47 Å². The lowest BCUT2D eigenvalue weighted by atomic mass is 10.3. The number of piperazine rings is 1. The Hall–Kier alpha value is -2.36. The fraction of sp³-hybridized carbons (Fsp3) is 0.556. The van der Waals surface area contributed by atoms with E-state index in [1.807, 2.05) is 24.3 Å². The van der Waals surface area contributed by atoms with Gasteiger partial charge >= 0.3 is 11.9 Å². The maximum atomic E-state index is 9.10. The second-order valence-electron chi connectivity index (χ2n) is 5.87. The van der Waals surface area contributed by atoms with Crippen molar-refractivity contribution in [2.45, 2.75) is 0 Å². The molecule has 0 aromatic heterocycles. The molecular formula is C18H28N2O7. The number of carbonyl (C=O) groups is 2. The number of nitrogens with zero attached hydrogens (tertiary/aromatic N) is 2. The van der Waals surface area contributed by atoms with Crippen molar-refractivity contribution in [3.63, 3.8) is 0 Å². The van der Waals surface area contributed by atoms with Crippen LogP contribution >= 0.6 is 0 Å². The molecule has 1 heterocycles. The number of hydrogen-bond acceptors (Lipinski definition) is 7. The molecular weight excluding hydrogens is 356 g/mol. The maximum Gasteiger partial charge on any atom is 0.414 e. The predicted molar refractivity (Wildman–Crippen MR) is 98.5 cm³/mol. The van der Waals surface area contributed by atoms with Crippen LogP contribution in [0.5, 0.6) is 11.5 Å². The van der Waals surface area contributed by atoms with Crippen molar-refractivity contribution in [2.75, 3.05) is 66.7 Å². The molecule has 152 valence electrons. The quantitative estimate of drug-likeness (QED) is 0.489. The summed E-state index contributed by atoms with van der Waals surface area (Å²) < 4.78 is 16.5. The molecule has 1 aromatic carbocycles. The third kappa shape index (κ3) is 9.78. The zero-order chi connectivity index (χ0) is 20.1. The number of aliphatic carboxylic acids is 2. The van der Waals surface area contributed by atoms with E-state index in [0.29, 0.717) is 13.2 Å². The Morgan fingerprint density at radius 3 is 2.11 bits per heavy atom. The molecule has 0 aliphatic carbocycles. The molecule has 0 atom stereocenters. The molecule has 0 saturated carbocycles. The Labute approximate surface area is 159 Å². The van der Waals surface area contributed by atoms with E-state index < -0.39 is 11.9 Å². The van der Waals surface area contributed by atoms with Crippen molar-refractivity contribution >= 4 is 11.9 Å². The van der Waals surface area contributed by atoms with Gasteiger partial charge in [0.25, 0.3) is 0 Å². The highest BCUT2D eigenvalue weighted by molar-refractivity contribution is 6.27. The molecule has 0 spiro atoms. The van der Waals surface area contributed by atoms with Crippen molar-refractivity contribution in [3.05, 3.63) is 24.3 Å². The molecule has 1 fully saturated rings. The summed E-state index contributed by atoms with van der Waals surface area (Å²) in [4.78, 5) is 23.0. The van der Waals surface area contributed by atoms with Gasteiger partial charge in [-0.2, -0.15) is 0 Å². The van der Waals surface area contributed by atoms with Crippen LogP contribution in [-0.4, -0.2) is 98.7 Å². The van der Waals surface area contributed by atoms with Crippen LogP contribution in [-0.2, 0) is 14.3 Å². The highest BCUT2D eigenvalue weighted by Gasteiger charge is 2.12. The van der Waals surface area contributed by atoms with Gasteiger partial charge in [-0.25, -0.2) is 9.59 Å². The molecule has 2 N–H and O–H groups in total. The van der Waals surface area contributed by atoms with E-state index in [4.69, 9.17) is 34.0 Å². The average molecular weight is 384 g/mol. The average Bonchev–Trinajstić information content (AvgIpc) is 2.66. The van der Waals surface area contributed by atoms with Gasteiger partial charge in [0.05, 0.1) is 20.3 Å². The number of likely N-dealkylation sites (N-methyl/N-ethyl adjacent to an activating group) is 1. The van der Waals surface area contributed by atoms with Crippen molar-refractivity contribution in [1.29, 1.82) is 0 Å². The Kier molecular flexibility index (Phi) is 10.8. The fourth-order valence-corrected chi connectivity index (χ4v) is 2.32. The Bertz CT molecular complexity index is 563. The minimum Gasteiger partial charge on any atom is -0.493 e. The molecule has 1 aliphatic rings. The maximum absolute atomic E-state index is 9.10. The van der Waals surface area contributed by atoms with Crippen molar-refractivity contribution in [1.82, 2.24) is 9.80 Å². The van der Waals surface area contributed by atoms with Crippen molar-refractivity contribution < 1.29 is 34.0 Å². The molecule has 2 rings (SSSR count). The lowest BCUT2D eigenvalue weighted by Crippen LogP contribution is -2.45. The Morgan fingerprint density at radius 2 is 1.56 bits per heavy atom. The first-order chi connectivity index (χ1) is 12.9. The first-order valence-electron chi connectivity index (χ1n) is 8.64. The Balaban J connectivity index is 0.000000527. The largest absolute Gasteiger partial charge is 0.493 e.